The SMILES string of the molecule is CCC1CCCC(NS(=O)(=O)Cc2cccc(CO)c2)C1. The van der Waals surface area contributed by atoms with Crippen molar-refractivity contribution >= 4 is 10.0 Å². The van der Waals surface area contributed by atoms with E-state index in [1.54, 1.807) is 24.3 Å². The van der Waals surface area contributed by atoms with E-state index in [9.17, 15) is 8.42 Å². The largest absolute Gasteiger partial charge is 0.392 e. The van der Waals surface area contributed by atoms with Gasteiger partial charge >= 0.3 is 0 Å². The van der Waals surface area contributed by atoms with E-state index in [0.717, 1.165) is 36.8 Å². The highest BCUT2D eigenvalue weighted by atomic mass is 32.2. The number of rotatable bonds is 6. The second-order valence-electron chi connectivity index (χ2n) is 5.99. The molecule has 0 saturated heterocycles. The highest BCUT2D eigenvalue weighted by molar-refractivity contribution is 7.88. The van der Waals surface area contributed by atoms with Gasteiger partial charge in [-0.25, -0.2) is 13.1 Å². The van der Waals surface area contributed by atoms with Crippen molar-refractivity contribution in [3.05, 3.63) is 35.4 Å². The van der Waals surface area contributed by atoms with Crippen molar-refractivity contribution in [3.8, 4) is 0 Å². The third-order valence-corrected chi connectivity index (χ3v) is 5.64. The van der Waals surface area contributed by atoms with Crippen molar-refractivity contribution in [2.45, 2.75) is 57.4 Å². The molecular formula is C16H25NO3S. The quantitative estimate of drug-likeness (QED) is 0.848. The molecule has 0 heterocycles. The smallest absolute Gasteiger partial charge is 0.216 e. The molecule has 4 nitrogen and oxygen atoms in total. The molecule has 2 unspecified atom stereocenters. The van der Waals surface area contributed by atoms with E-state index in [0.29, 0.717) is 5.92 Å². The molecule has 1 aliphatic rings. The van der Waals surface area contributed by atoms with Crippen LogP contribution in [0.2, 0.25) is 0 Å². The zero-order valence-electron chi connectivity index (χ0n) is 12.6. The molecule has 2 N–H and O–H groups in total. The van der Waals surface area contributed by atoms with E-state index in [1.807, 2.05) is 0 Å². The van der Waals surface area contributed by atoms with Crippen LogP contribution in [0.5, 0.6) is 0 Å². The summed E-state index contributed by atoms with van der Waals surface area (Å²) in [4.78, 5) is 0. The van der Waals surface area contributed by atoms with E-state index in [1.165, 1.54) is 6.42 Å². The van der Waals surface area contributed by atoms with Crippen LogP contribution in [-0.2, 0) is 22.4 Å². The molecule has 0 radical (unpaired) electrons. The molecule has 2 atom stereocenters. The van der Waals surface area contributed by atoms with Crippen LogP contribution in [0.3, 0.4) is 0 Å². The lowest BCUT2D eigenvalue weighted by Gasteiger charge is -2.28. The topological polar surface area (TPSA) is 66.4 Å². The first-order chi connectivity index (χ1) is 10.0. The van der Waals surface area contributed by atoms with Gasteiger partial charge in [0.25, 0.3) is 0 Å². The zero-order valence-corrected chi connectivity index (χ0v) is 13.4. The van der Waals surface area contributed by atoms with Crippen LogP contribution in [0.1, 0.15) is 50.2 Å². The van der Waals surface area contributed by atoms with Crippen LogP contribution >= 0.6 is 0 Å². The minimum absolute atomic E-state index is 0.0197. The molecule has 1 fully saturated rings. The molecule has 0 aliphatic heterocycles. The number of hydrogen-bond acceptors (Lipinski definition) is 3. The maximum Gasteiger partial charge on any atom is 0.216 e. The Kier molecular flexibility index (Phi) is 5.79. The Bertz CT molecular complexity index is 556. The predicted molar refractivity (Wildman–Crippen MR) is 84.2 cm³/mol. The van der Waals surface area contributed by atoms with Crippen molar-refractivity contribution in [3.63, 3.8) is 0 Å². The van der Waals surface area contributed by atoms with Gasteiger partial charge in [0.1, 0.15) is 0 Å². The number of nitrogens with one attached hydrogen (secondary N) is 1. The van der Waals surface area contributed by atoms with Gasteiger partial charge in [0.2, 0.25) is 10.0 Å². The first-order valence-electron chi connectivity index (χ1n) is 7.71. The lowest BCUT2D eigenvalue weighted by Crippen LogP contribution is -2.38. The maximum atomic E-state index is 12.3. The molecule has 21 heavy (non-hydrogen) atoms. The number of aliphatic hydroxyl groups excluding tert-OH is 1. The summed E-state index contributed by atoms with van der Waals surface area (Å²) in [6.45, 7) is 2.10. The van der Waals surface area contributed by atoms with Gasteiger partial charge in [-0.2, -0.15) is 0 Å². The average molecular weight is 311 g/mol. The van der Waals surface area contributed by atoms with Crippen molar-refractivity contribution < 1.29 is 13.5 Å². The highest BCUT2D eigenvalue weighted by Crippen LogP contribution is 2.27. The second kappa shape index (κ2) is 7.38. The summed E-state index contributed by atoms with van der Waals surface area (Å²) in [6, 6.07) is 7.18. The number of aliphatic hydroxyl groups is 1. The first kappa shape index (κ1) is 16.5. The predicted octanol–water partition coefficient (Wildman–Crippen LogP) is 2.57. The summed E-state index contributed by atoms with van der Waals surface area (Å²) in [5.41, 5.74) is 1.46. The summed E-state index contributed by atoms with van der Waals surface area (Å²) in [6.07, 6.45) is 5.33. The molecule has 1 aliphatic carbocycles. The minimum Gasteiger partial charge on any atom is -0.392 e. The van der Waals surface area contributed by atoms with Crippen molar-refractivity contribution in [1.82, 2.24) is 4.72 Å². The van der Waals surface area contributed by atoms with E-state index in [4.69, 9.17) is 5.11 Å². The van der Waals surface area contributed by atoms with Gasteiger partial charge in [-0.05, 0) is 29.9 Å². The third-order valence-electron chi connectivity index (χ3n) is 4.24. The fourth-order valence-electron chi connectivity index (χ4n) is 3.10. The van der Waals surface area contributed by atoms with Crippen LogP contribution in [0.15, 0.2) is 24.3 Å². The van der Waals surface area contributed by atoms with Crippen LogP contribution in [-0.4, -0.2) is 19.6 Å². The Labute approximate surface area is 127 Å². The lowest BCUT2D eigenvalue weighted by molar-refractivity contribution is 0.281. The Morgan fingerprint density at radius 1 is 1.29 bits per heavy atom. The van der Waals surface area contributed by atoms with E-state index >= 15 is 0 Å². The molecule has 0 spiro atoms. The summed E-state index contributed by atoms with van der Waals surface area (Å²) in [5, 5.41) is 9.11. The monoisotopic (exact) mass is 311 g/mol. The Hall–Kier alpha value is -0.910. The molecule has 1 aromatic carbocycles. The Balaban J connectivity index is 1.98. The molecule has 1 saturated carbocycles. The highest BCUT2D eigenvalue weighted by Gasteiger charge is 2.24. The fraction of sp³-hybridized carbons (Fsp3) is 0.625. The van der Waals surface area contributed by atoms with Crippen LogP contribution < -0.4 is 4.72 Å². The van der Waals surface area contributed by atoms with Gasteiger partial charge < -0.3 is 5.11 Å². The normalized spacial score (nSPS) is 23.1. The number of benzene rings is 1. The fourth-order valence-corrected chi connectivity index (χ4v) is 4.53. The molecule has 2 rings (SSSR count). The summed E-state index contributed by atoms with van der Waals surface area (Å²) in [7, 11) is -3.32. The minimum atomic E-state index is -3.32. The van der Waals surface area contributed by atoms with Gasteiger partial charge in [0.15, 0.2) is 0 Å². The third kappa shape index (κ3) is 5.09. The van der Waals surface area contributed by atoms with Gasteiger partial charge in [-0.15, -0.1) is 0 Å². The van der Waals surface area contributed by atoms with Crippen molar-refractivity contribution in [2.24, 2.45) is 5.92 Å². The van der Waals surface area contributed by atoms with Crippen LogP contribution in [0.25, 0.3) is 0 Å². The van der Waals surface area contributed by atoms with Gasteiger partial charge in [0.05, 0.1) is 12.4 Å². The molecule has 1 aromatic rings. The number of hydrogen-bond donors (Lipinski definition) is 2. The molecular weight excluding hydrogens is 286 g/mol. The van der Waals surface area contributed by atoms with Gasteiger partial charge in [-0.3, -0.25) is 0 Å². The summed E-state index contributed by atoms with van der Waals surface area (Å²) in [5.74, 6) is 0.623. The summed E-state index contributed by atoms with van der Waals surface area (Å²) < 4.78 is 27.4. The summed E-state index contributed by atoms with van der Waals surface area (Å²) >= 11 is 0. The van der Waals surface area contributed by atoms with Gasteiger partial charge in [0, 0.05) is 6.04 Å². The molecule has 0 amide bonds. The molecule has 118 valence electrons. The first-order valence-corrected chi connectivity index (χ1v) is 9.36. The number of sulfonamides is 1. The van der Waals surface area contributed by atoms with Gasteiger partial charge in [-0.1, -0.05) is 50.5 Å². The van der Waals surface area contributed by atoms with Crippen LogP contribution in [0, 0.1) is 5.92 Å². The van der Waals surface area contributed by atoms with Crippen molar-refractivity contribution in [2.75, 3.05) is 0 Å². The Morgan fingerprint density at radius 2 is 2.05 bits per heavy atom. The van der Waals surface area contributed by atoms with Crippen LogP contribution in [0.4, 0.5) is 0 Å². The van der Waals surface area contributed by atoms with E-state index in [-0.39, 0.29) is 18.4 Å². The van der Waals surface area contributed by atoms with E-state index in [2.05, 4.69) is 11.6 Å². The average Bonchev–Trinajstić information content (AvgIpc) is 2.46. The standard InChI is InChI=1S/C16H25NO3S/c1-2-13-5-4-8-16(10-13)17-21(19,20)12-15-7-3-6-14(9-15)11-18/h3,6-7,9,13,16-18H,2,4-5,8,10-12H2,1H3. The Morgan fingerprint density at radius 3 is 2.76 bits per heavy atom. The van der Waals surface area contributed by atoms with E-state index < -0.39 is 10.0 Å². The lowest BCUT2D eigenvalue weighted by atomic mass is 9.85. The second-order valence-corrected chi connectivity index (χ2v) is 7.75. The van der Waals surface area contributed by atoms with Crippen molar-refractivity contribution in [1.29, 1.82) is 0 Å². The zero-order chi connectivity index (χ0) is 15.3. The maximum absolute atomic E-state index is 12.3. The molecule has 5 heteroatoms. The molecule has 0 aromatic heterocycles. The molecule has 0 bridgehead atoms.